The Morgan fingerprint density at radius 3 is 2.55 bits per heavy atom. The van der Waals surface area contributed by atoms with Gasteiger partial charge in [0.25, 0.3) is 0 Å². The zero-order valence-electron chi connectivity index (χ0n) is 12.5. The molecular formula is C14H22ClFN2O3S. The summed E-state index contributed by atoms with van der Waals surface area (Å²) in [6.45, 7) is 3.11. The molecule has 2 N–H and O–H groups in total. The van der Waals surface area contributed by atoms with Gasteiger partial charge in [0.1, 0.15) is 5.82 Å². The van der Waals surface area contributed by atoms with Gasteiger partial charge < -0.3 is 10.5 Å². The average Bonchev–Trinajstić information content (AvgIpc) is 2.48. The highest BCUT2D eigenvalue weighted by Crippen LogP contribution is 2.24. The van der Waals surface area contributed by atoms with Gasteiger partial charge in [-0.1, -0.05) is 6.07 Å². The molecule has 1 aliphatic rings. The molecule has 0 spiro atoms. The van der Waals surface area contributed by atoms with E-state index in [1.165, 1.54) is 16.4 Å². The molecule has 1 aromatic rings. The number of nitrogens with two attached hydrogens (primary N) is 1. The van der Waals surface area contributed by atoms with E-state index in [0.717, 1.165) is 6.07 Å². The Morgan fingerprint density at radius 2 is 2.00 bits per heavy atom. The summed E-state index contributed by atoms with van der Waals surface area (Å²) in [5.74, 6) is -0.518. The predicted octanol–water partition coefficient (Wildman–Crippen LogP) is 1.68. The van der Waals surface area contributed by atoms with Crippen LogP contribution in [0, 0.1) is 12.7 Å². The van der Waals surface area contributed by atoms with Gasteiger partial charge in [-0.05, 0) is 37.5 Å². The zero-order chi connectivity index (χ0) is 15.5. The number of hydrogen-bond donors (Lipinski definition) is 1. The Labute approximate surface area is 137 Å². The quantitative estimate of drug-likeness (QED) is 0.875. The lowest BCUT2D eigenvalue weighted by Crippen LogP contribution is -2.45. The molecule has 0 saturated carbocycles. The van der Waals surface area contributed by atoms with Gasteiger partial charge in [0, 0.05) is 32.3 Å². The molecule has 2 rings (SSSR count). The van der Waals surface area contributed by atoms with Crippen LogP contribution < -0.4 is 5.73 Å². The molecule has 1 aliphatic heterocycles. The third-order valence-electron chi connectivity index (χ3n) is 3.70. The largest absolute Gasteiger partial charge is 0.381 e. The maximum atomic E-state index is 13.7. The van der Waals surface area contributed by atoms with Crippen LogP contribution in [0.1, 0.15) is 18.4 Å². The van der Waals surface area contributed by atoms with Crippen molar-refractivity contribution in [1.82, 2.24) is 4.31 Å². The van der Waals surface area contributed by atoms with E-state index >= 15 is 0 Å². The summed E-state index contributed by atoms with van der Waals surface area (Å²) in [5.41, 5.74) is 5.98. The van der Waals surface area contributed by atoms with Crippen molar-refractivity contribution in [3.8, 4) is 0 Å². The van der Waals surface area contributed by atoms with Crippen molar-refractivity contribution in [2.75, 3.05) is 26.3 Å². The minimum absolute atomic E-state index is 0. The summed E-state index contributed by atoms with van der Waals surface area (Å²) in [6, 6.07) is 3.85. The highest BCUT2D eigenvalue weighted by Gasteiger charge is 2.32. The van der Waals surface area contributed by atoms with Crippen LogP contribution in [0.5, 0.6) is 0 Å². The fourth-order valence-electron chi connectivity index (χ4n) is 2.47. The summed E-state index contributed by atoms with van der Waals surface area (Å²) < 4.78 is 45.8. The van der Waals surface area contributed by atoms with Crippen LogP contribution in [0.15, 0.2) is 23.1 Å². The molecule has 0 atom stereocenters. The molecule has 1 saturated heterocycles. The van der Waals surface area contributed by atoms with E-state index in [0.29, 0.717) is 31.6 Å². The van der Waals surface area contributed by atoms with Crippen molar-refractivity contribution < 1.29 is 17.5 Å². The van der Waals surface area contributed by atoms with Gasteiger partial charge in [-0.3, -0.25) is 0 Å². The maximum absolute atomic E-state index is 13.7. The highest BCUT2D eigenvalue weighted by atomic mass is 35.5. The maximum Gasteiger partial charge on any atom is 0.243 e. The first-order valence-corrected chi connectivity index (χ1v) is 8.46. The molecule has 0 aliphatic carbocycles. The molecule has 0 unspecified atom stereocenters. The number of benzene rings is 1. The first kappa shape index (κ1) is 19.3. The second-order valence-corrected chi connectivity index (χ2v) is 7.05. The molecule has 5 nitrogen and oxygen atoms in total. The molecule has 126 valence electrons. The Balaban J connectivity index is 0.00000242. The Bertz CT molecular complexity index is 592. The van der Waals surface area contributed by atoms with Gasteiger partial charge >= 0.3 is 0 Å². The molecule has 1 aromatic carbocycles. The lowest BCUT2D eigenvalue weighted by atomic mass is 10.1. The van der Waals surface area contributed by atoms with Crippen molar-refractivity contribution in [3.63, 3.8) is 0 Å². The van der Waals surface area contributed by atoms with Crippen molar-refractivity contribution >= 4 is 22.4 Å². The van der Waals surface area contributed by atoms with E-state index in [2.05, 4.69) is 0 Å². The zero-order valence-corrected chi connectivity index (χ0v) is 14.1. The number of sulfonamides is 1. The molecule has 8 heteroatoms. The third-order valence-corrected chi connectivity index (χ3v) is 5.65. The van der Waals surface area contributed by atoms with E-state index in [1.54, 1.807) is 6.92 Å². The van der Waals surface area contributed by atoms with Gasteiger partial charge in [0.05, 0.1) is 4.90 Å². The van der Waals surface area contributed by atoms with Crippen molar-refractivity contribution in [2.45, 2.75) is 30.7 Å². The van der Waals surface area contributed by atoms with Gasteiger partial charge in [-0.15, -0.1) is 12.4 Å². The topological polar surface area (TPSA) is 72.6 Å². The second kappa shape index (κ2) is 8.21. The predicted molar refractivity (Wildman–Crippen MR) is 85.2 cm³/mol. The van der Waals surface area contributed by atoms with E-state index in [-0.39, 0.29) is 36.4 Å². The smallest absolute Gasteiger partial charge is 0.243 e. The van der Waals surface area contributed by atoms with Crippen LogP contribution in [-0.2, 0) is 14.8 Å². The number of rotatable bonds is 5. The summed E-state index contributed by atoms with van der Waals surface area (Å²) >= 11 is 0. The fraction of sp³-hybridized carbons (Fsp3) is 0.571. The monoisotopic (exact) mass is 352 g/mol. The Morgan fingerprint density at radius 1 is 1.36 bits per heavy atom. The number of aryl methyl sites for hydroxylation is 1. The van der Waals surface area contributed by atoms with Crippen LogP contribution in [0.4, 0.5) is 4.39 Å². The molecule has 22 heavy (non-hydrogen) atoms. The number of ether oxygens (including phenoxy) is 1. The number of nitrogens with zero attached hydrogens (tertiary/aromatic N) is 1. The van der Waals surface area contributed by atoms with Crippen molar-refractivity contribution in [3.05, 3.63) is 29.6 Å². The molecular weight excluding hydrogens is 331 g/mol. The highest BCUT2D eigenvalue weighted by molar-refractivity contribution is 7.89. The summed E-state index contributed by atoms with van der Waals surface area (Å²) in [6.07, 6.45) is 1.27. The van der Waals surface area contributed by atoms with Crippen LogP contribution in [0.2, 0.25) is 0 Å². The Hall–Kier alpha value is -0.730. The van der Waals surface area contributed by atoms with E-state index in [4.69, 9.17) is 10.5 Å². The molecule has 0 radical (unpaired) electrons. The summed E-state index contributed by atoms with van der Waals surface area (Å²) in [5, 5.41) is 0. The van der Waals surface area contributed by atoms with Crippen molar-refractivity contribution in [1.29, 1.82) is 0 Å². The summed E-state index contributed by atoms with van der Waals surface area (Å²) in [7, 11) is -3.74. The molecule has 1 heterocycles. The van der Waals surface area contributed by atoms with Gasteiger partial charge in [-0.2, -0.15) is 4.31 Å². The fourth-order valence-corrected chi connectivity index (χ4v) is 4.18. The van der Waals surface area contributed by atoms with Crippen molar-refractivity contribution in [2.24, 2.45) is 5.73 Å². The van der Waals surface area contributed by atoms with Crippen LogP contribution in [0.25, 0.3) is 0 Å². The van der Waals surface area contributed by atoms with Gasteiger partial charge in [-0.25, -0.2) is 12.8 Å². The van der Waals surface area contributed by atoms with E-state index < -0.39 is 15.8 Å². The minimum atomic E-state index is -3.74. The molecule has 0 bridgehead atoms. The van der Waals surface area contributed by atoms with Gasteiger partial charge in [0.2, 0.25) is 10.0 Å². The average molecular weight is 353 g/mol. The van der Waals surface area contributed by atoms with E-state index in [9.17, 15) is 12.8 Å². The first-order valence-electron chi connectivity index (χ1n) is 7.02. The third kappa shape index (κ3) is 4.17. The van der Waals surface area contributed by atoms with Crippen LogP contribution in [0.3, 0.4) is 0 Å². The normalized spacial score (nSPS) is 16.5. The van der Waals surface area contributed by atoms with Crippen LogP contribution >= 0.6 is 12.4 Å². The minimum Gasteiger partial charge on any atom is -0.381 e. The SMILES string of the molecule is Cc1ccc(S(=O)(=O)N(CCN)C2CCOCC2)cc1F.Cl. The molecule has 0 amide bonds. The van der Waals surface area contributed by atoms with E-state index in [1.807, 2.05) is 0 Å². The lowest BCUT2D eigenvalue weighted by molar-refractivity contribution is 0.0590. The Kier molecular flexibility index (Phi) is 7.21. The van der Waals surface area contributed by atoms with Crippen LogP contribution in [-0.4, -0.2) is 45.1 Å². The molecule has 1 fully saturated rings. The molecule has 0 aromatic heterocycles. The number of halogens is 2. The first-order chi connectivity index (χ1) is 9.96. The standard InChI is InChI=1S/C14H21FN2O3S.ClH/c1-11-2-3-13(10-14(11)15)21(18,19)17(7-6-16)12-4-8-20-9-5-12;/h2-3,10,12H,4-9,16H2,1H3;1H. The summed E-state index contributed by atoms with van der Waals surface area (Å²) in [4.78, 5) is -0.0226. The van der Waals surface area contributed by atoms with Gasteiger partial charge in [0.15, 0.2) is 0 Å². The number of hydrogen-bond acceptors (Lipinski definition) is 4. The second-order valence-electron chi connectivity index (χ2n) is 5.16. The lowest BCUT2D eigenvalue weighted by Gasteiger charge is -2.33.